The van der Waals surface area contributed by atoms with Gasteiger partial charge in [-0.2, -0.15) is 0 Å². The Morgan fingerprint density at radius 2 is 1.78 bits per heavy atom. The first-order chi connectivity index (χ1) is 13.2. The van der Waals surface area contributed by atoms with Crippen LogP contribution in [-0.2, 0) is 11.2 Å². The third kappa shape index (κ3) is 4.33. The molecule has 0 bridgehead atoms. The van der Waals surface area contributed by atoms with Crippen LogP contribution in [0.25, 0.3) is 0 Å². The lowest BCUT2D eigenvalue weighted by Crippen LogP contribution is -2.34. The Balaban J connectivity index is 1.51. The predicted octanol–water partition coefficient (Wildman–Crippen LogP) is 6.88. The summed E-state index contributed by atoms with van der Waals surface area (Å²) in [6, 6.07) is 14.8. The molecule has 2 fully saturated rings. The number of hydrogen-bond donors (Lipinski definition) is 0. The second-order valence-corrected chi connectivity index (χ2v) is 8.40. The van der Waals surface area contributed by atoms with Gasteiger partial charge >= 0.3 is 0 Å². The molecule has 2 aromatic carbocycles. The first-order valence-electron chi connectivity index (χ1n) is 10.4. The van der Waals surface area contributed by atoms with Gasteiger partial charge in [0.1, 0.15) is 5.75 Å². The number of hydrogen-bond acceptors (Lipinski definition) is 2. The van der Waals surface area contributed by atoms with Crippen LogP contribution in [0.5, 0.6) is 5.75 Å². The topological polar surface area (TPSA) is 18.5 Å². The van der Waals surface area contributed by atoms with Gasteiger partial charge < -0.3 is 9.47 Å². The van der Waals surface area contributed by atoms with Crippen molar-refractivity contribution in [3.8, 4) is 5.75 Å². The van der Waals surface area contributed by atoms with E-state index in [9.17, 15) is 0 Å². The minimum absolute atomic E-state index is 0.151. The van der Waals surface area contributed by atoms with Gasteiger partial charge in [-0.1, -0.05) is 48.7 Å². The van der Waals surface area contributed by atoms with E-state index in [2.05, 4.69) is 24.3 Å². The fourth-order valence-electron chi connectivity index (χ4n) is 4.67. The summed E-state index contributed by atoms with van der Waals surface area (Å²) in [4.78, 5) is 0. The summed E-state index contributed by atoms with van der Waals surface area (Å²) >= 11 is 6.52. The molecule has 4 rings (SSSR count). The average molecular weight is 385 g/mol. The van der Waals surface area contributed by atoms with Gasteiger partial charge in [0.15, 0.2) is 0 Å². The number of benzene rings is 2. The maximum Gasteiger partial charge on any atom is 0.119 e. The van der Waals surface area contributed by atoms with Crippen molar-refractivity contribution in [1.29, 1.82) is 0 Å². The van der Waals surface area contributed by atoms with Crippen molar-refractivity contribution < 1.29 is 9.47 Å². The second-order valence-electron chi connectivity index (χ2n) is 7.99. The van der Waals surface area contributed by atoms with Gasteiger partial charge in [-0.3, -0.25) is 0 Å². The van der Waals surface area contributed by atoms with Crippen molar-refractivity contribution in [3.05, 3.63) is 64.2 Å². The molecule has 0 N–H and O–H groups in total. The van der Waals surface area contributed by atoms with Crippen LogP contribution in [0.1, 0.15) is 74.7 Å². The summed E-state index contributed by atoms with van der Waals surface area (Å²) < 4.78 is 12.2. The van der Waals surface area contributed by atoms with E-state index >= 15 is 0 Å². The van der Waals surface area contributed by atoms with Crippen LogP contribution in [0.15, 0.2) is 42.5 Å². The molecular weight excluding hydrogens is 356 g/mol. The van der Waals surface area contributed by atoms with E-state index in [0.717, 1.165) is 23.6 Å². The normalized spacial score (nSPS) is 21.5. The molecule has 1 aliphatic heterocycles. The number of ether oxygens (including phenoxy) is 2. The molecule has 2 nitrogen and oxygen atoms in total. The Kier molecular flexibility index (Phi) is 5.75. The van der Waals surface area contributed by atoms with Crippen molar-refractivity contribution in [2.75, 3.05) is 6.61 Å². The number of rotatable bonds is 5. The molecule has 0 radical (unpaired) electrons. The third-order valence-electron chi connectivity index (χ3n) is 6.08. The van der Waals surface area contributed by atoms with Crippen LogP contribution in [-0.4, -0.2) is 12.2 Å². The maximum absolute atomic E-state index is 6.65. The lowest BCUT2D eigenvalue weighted by molar-refractivity contribution is -0.126. The van der Waals surface area contributed by atoms with Gasteiger partial charge in [0.25, 0.3) is 0 Å². The lowest BCUT2D eigenvalue weighted by atomic mass is 9.87. The Hall–Kier alpha value is -1.51. The molecule has 0 amide bonds. The van der Waals surface area contributed by atoms with Crippen molar-refractivity contribution in [2.24, 2.45) is 0 Å². The minimum Gasteiger partial charge on any atom is -0.494 e. The van der Waals surface area contributed by atoms with Gasteiger partial charge in [0.05, 0.1) is 18.3 Å². The van der Waals surface area contributed by atoms with E-state index in [1.54, 1.807) is 0 Å². The zero-order valence-corrected chi connectivity index (χ0v) is 16.9. The molecule has 144 valence electrons. The molecule has 2 aliphatic rings. The highest BCUT2D eigenvalue weighted by Crippen LogP contribution is 2.46. The van der Waals surface area contributed by atoms with Gasteiger partial charge in [-0.25, -0.2) is 0 Å². The Morgan fingerprint density at radius 3 is 2.52 bits per heavy atom. The summed E-state index contributed by atoms with van der Waals surface area (Å²) in [5.74, 6) is 0.915. The zero-order chi connectivity index (χ0) is 18.7. The molecule has 27 heavy (non-hydrogen) atoms. The molecule has 3 heteroatoms. The van der Waals surface area contributed by atoms with Crippen LogP contribution in [0.3, 0.4) is 0 Å². The molecule has 1 atom stereocenters. The monoisotopic (exact) mass is 384 g/mol. The van der Waals surface area contributed by atoms with Gasteiger partial charge in [0.2, 0.25) is 0 Å². The molecule has 1 heterocycles. The first kappa shape index (κ1) is 18.8. The second kappa shape index (κ2) is 8.24. The standard InChI is InChI=1S/C24H29ClO2/c1-2-26-21-10-7-18(8-11-21)16-20-17-19(9-12-22(20)25)23-6-5-15-24(27-23)13-3-4-14-24/h7-12,17,23H,2-6,13-16H2,1H3/t23-/m0/s1. The Labute approximate surface area is 167 Å². The highest BCUT2D eigenvalue weighted by atomic mass is 35.5. The molecule has 2 aromatic rings. The molecule has 1 saturated heterocycles. The first-order valence-corrected chi connectivity index (χ1v) is 10.7. The SMILES string of the molecule is CCOc1ccc(Cc2cc([C@@H]3CCCC4(CCCC4)O3)ccc2Cl)cc1. The molecular formula is C24H29ClO2. The van der Waals surface area contributed by atoms with E-state index in [-0.39, 0.29) is 11.7 Å². The Bertz CT molecular complexity index is 762. The molecule has 1 aliphatic carbocycles. The van der Waals surface area contributed by atoms with E-state index in [1.807, 2.05) is 25.1 Å². The smallest absolute Gasteiger partial charge is 0.119 e. The molecule has 0 unspecified atom stereocenters. The maximum atomic E-state index is 6.65. The van der Waals surface area contributed by atoms with E-state index in [4.69, 9.17) is 21.1 Å². The largest absolute Gasteiger partial charge is 0.494 e. The average Bonchev–Trinajstić information content (AvgIpc) is 3.13. The highest BCUT2D eigenvalue weighted by molar-refractivity contribution is 6.31. The van der Waals surface area contributed by atoms with Crippen LogP contribution < -0.4 is 4.74 Å². The van der Waals surface area contributed by atoms with E-state index in [0.29, 0.717) is 6.61 Å². The summed E-state index contributed by atoms with van der Waals surface area (Å²) in [5, 5.41) is 0.832. The van der Waals surface area contributed by atoms with Gasteiger partial charge in [-0.15, -0.1) is 0 Å². The summed E-state index contributed by atoms with van der Waals surface area (Å²) in [7, 11) is 0. The molecule has 1 spiro atoms. The lowest BCUT2D eigenvalue weighted by Gasteiger charge is -2.39. The van der Waals surface area contributed by atoms with Crippen molar-refractivity contribution in [3.63, 3.8) is 0 Å². The van der Waals surface area contributed by atoms with E-state index in [1.165, 1.54) is 55.2 Å². The number of halogens is 1. The van der Waals surface area contributed by atoms with Crippen LogP contribution in [0.2, 0.25) is 5.02 Å². The van der Waals surface area contributed by atoms with Crippen molar-refractivity contribution >= 4 is 11.6 Å². The molecule has 0 aromatic heterocycles. The van der Waals surface area contributed by atoms with Gasteiger partial charge in [0, 0.05) is 5.02 Å². The fourth-order valence-corrected chi connectivity index (χ4v) is 4.86. The fraction of sp³-hybridized carbons (Fsp3) is 0.500. The summed E-state index contributed by atoms with van der Waals surface area (Å²) in [6.45, 7) is 2.69. The summed E-state index contributed by atoms with van der Waals surface area (Å²) in [5.41, 5.74) is 3.85. The van der Waals surface area contributed by atoms with Crippen molar-refractivity contribution in [2.45, 2.75) is 70.0 Å². The minimum atomic E-state index is 0.151. The Morgan fingerprint density at radius 1 is 1.04 bits per heavy atom. The van der Waals surface area contributed by atoms with Crippen LogP contribution in [0.4, 0.5) is 0 Å². The third-order valence-corrected chi connectivity index (χ3v) is 6.44. The van der Waals surface area contributed by atoms with Crippen molar-refractivity contribution in [1.82, 2.24) is 0 Å². The molecule has 1 saturated carbocycles. The van der Waals surface area contributed by atoms with Crippen LogP contribution >= 0.6 is 11.6 Å². The van der Waals surface area contributed by atoms with E-state index < -0.39 is 0 Å². The zero-order valence-electron chi connectivity index (χ0n) is 16.2. The predicted molar refractivity (Wildman–Crippen MR) is 111 cm³/mol. The highest BCUT2D eigenvalue weighted by Gasteiger charge is 2.40. The summed E-state index contributed by atoms with van der Waals surface area (Å²) in [6.07, 6.45) is 9.76. The van der Waals surface area contributed by atoms with Crippen LogP contribution in [0, 0.1) is 0 Å². The quantitative estimate of drug-likeness (QED) is 0.559. The van der Waals surface area contributed by atoms with Gasteiger partial charge in [-0.05, 0) is 80.3 Å².